The van der Waals surface area contributed by atoms with Crippen LogP contribution in [0.3, 0.4) is 0 Å². The number of esters is 1. The number of hydrogen-bond donors (Lipinski definition) is 1. The smallest absolute Gasteiger partial charge is 0.344 e. The number of hydrogen-bond acceptors (Lipinski definition) is 4. The van der Waals surface area contributed by atoms with Gasteiger partial charge in [-0.05, 0) is 43.9 Å². The van der Waals surface area contributed by atoms with E-state index in [-0.39, 0.29) is 18.6 Å². The lowest BCUT2D eigenvalue weighted by atomic mass is 10.2. The van der Waals surface area contributed by atoms with Crippen molar-refractivity contribution in [1.82, 2.24) is 5.32 Å². The summed E-state index contributed by atoms with van der Waals surface area (Å²) in [6.45, 7) is 3.43. The number of nitrogens with one attached hydrogen (secondary N) is 1. The molecule has 1 atom stereocenters. The van der Waals surface area contributed by atoms with Crippen LogP contribution in [0.1, 0.15) is 32.3 Å². The first kappa shape index (κ1) is 15.4. The van der Waals surface area contributed by atoms with Gasteiger partial charge in [-0.25, -0.2) is 4.79 Å². The third kappa shape index (κ3) is 5.10. The number of amides is 1. The van der Waals surface area contributed by atoms with Gasteiger partial charge in [0, 0.05) is 6.04 Å². The predicted octanol–water partition coefficient (Wildman–Crippen LogP) is 1.84. The Balaban J connectivity index is 1.71. The maximum atomic E-state index is 11.6. The van der Waals surface area contributed by atoms with E-state index in [1.807, 2.05) is 24.3 Å². The molecule has 0 heterocycles. The molecule has 0 saturated heterocycles. The normalized spacial score (nSPS) is 15.1. The van der Waals surface area contributed by atoms with E-state index in [1.54, 1.807) is 6.92 Å². The second-order valence-corrected chi connectivity index (χ2v) is 5.20. The molecule has 0 aromatic heterocycles. The molecule has 21 heavy (non-hydrogen) atoms. The first-order valence-corrected chi connectivity index (χ1v) is 7.30. The van der Waals surface area contributed by atoms with Crippen molar-refractivity contribution < 1.29 is 19.1 Å². The molecule has 1 aliphatic carbocycles. The minimum Gasteiger partial charge on any atom is -0.482 e. The Morgan fingerprint density at radius 2 is 1.95 bits per heavy atom. The largest absolute Gasteiger partial charge is 0.482 e. The fourth-order valence-electron chi connectivity index (χ4n) is 1.79. The van der Waals surface area contributed by atoms with Gasteiger partial charge in [0.1, 0.15) is 5.75 Å². The Hall–Kier alpha value is -2.04. The molecule has 1 N–H and O–H groups in total. The van der Waals surface area contributed by atoms with Gasteiger partial charge in [-0.2, -0.15) is 0 Å². The van der Waals surface area contributed by atoms with Crippen LogP contribution in [0.2, 0.25) is 0 Å². The summed E-state index contributed by atoms with van der Waals surface area (Å²) in [5.74, 6) is -0.189. The molecular weight excluding hydrogens is 270 g/mol. The van der Waals surface area contributed by atoms with E-state index in [0.29, 0.717) is 5.75 Å². The molecule has 0 spiro atoms. The summed E-state index contributed by atoms with van der Waals surface area (Å²) in [7, 11) is 0. The lowest BCUT2D eigenvalue weighted by Crippen LogP contribution is -2.37. The van der Waals surface area contributed by atoms with Crippen LogP contribution in [0.5, 0.6) is 5.75 Å². The number of carbonyl (C=O) groups excluding carboxylic acids is 2. The lowest BCUT2D eigenvalue weighted by molar-refractivity contribution is -0.156. The van der Waals surface area contributed by atoms with Crippen LogP contribution in [0.25, 0.3) is 0 Å². The number of carbonyl (C=O) groups is 2. The van der Waals surface area contributed by atoms with Gasteiger partial charge in [0.2, 0.25) is 0 Å². The van der Waals surface area contributed by atoms with Gasteiger partial charge in [-0.1, -0.05) is 19.1 Å². The molecule has 1 aliphatic rings. The van der Waals surface area contributed by atoms with E-state index >= 15 is 0 Å². The topological polar surface area (TPSA) is 64.6 Å². The highest BCUT2D eigenvalue weighted by molar-refractivity contribution is 5.84. The monoisotopic (exact) mass is 291 g/mol. The maximum Gasteiger partial charge on any atom is 0.344 e. The van der Waals surface area contributed by atoms with Crippen LogP contribution in [-0.2, 0) is 20.7 Å². The molecule has 0 bridgehead atoms. The van der Waals surface area contributed by atoms with Gasteiger partial charge >= 0.3 is 5.97 Å². The zero-order chi connectivity index (χ0) is 15.2. The molecule has 1 saturated carbocycles. The zero-order valence-corrected chi connectivity index (χ0v) is 12.4. The standard InChI is InChI=1S/C16H21NO4/c1-3-12-4-8-14(9-5-12)20-10-15(18)21-11(2)16(19)17-13-6-7-13/h4-5,8-9,11,13H,3,6-7,10H2,1-2H3,(H,17,19)/t11-/m0/s1. The second-order valence-electron chi connectivity index (χ2n) is 5.20. The first-order chi connectivity index (χ1) is 10.1. The van der Waals surface area contributed by atoms with Crippen molar-refractivity contribution in [3.8, 4) is 5.75 Å². The number of aryl methyl sites for hydroxylation is 1. The van der Waals surface area contributed by atoms with Crippen LogP contribution >= 0.6 is 0 Å². The summed E-state index contributed by atoms with van der Waals surface area (Å²) in [6, 6.07) is 7.79. The Bertz CT molecular complexity index is 494. The van der Waals surface area contributed by atoms with Crippen molar-refractivity contribution in [2.45, 2.75) is 45.3 Å². The van der Waals surface area contributed by atoms with Crippen molar-refractivity contribution in [3.05, 3.63) is 29.8 Å². The highest BCUT2D eigenvalue weighted by atomic mass is 16.6. The molecule has 2 rings (SSSR count). The summed E-state index contributed by atoms with van der Waals surface area (Å²) in [6.07, 6.45) is 2.17. The summed E-state index contributed by atoms with van der Waals surface area (Å²) in [4.78, 5) is 23.3. The van der Waals surface area contributed by atoms with Gasteiger partial charge < -0.3 is 14.8 Å². The summed E-state index contributed by atoms with van der Waals surface area (Å²) in [5.41, 5.74) is 1.20. The average Bonchev–Trinajstić information content (AvgIpc) is 3.29. The third-order valence-corrected chi connectivity index (χ3v) is 3.29. The zero-order valence-electron chi connectivity index (χ0n) is 12.4. The fourth-order valence-corrected chi connectivity index (χ4v) is 1.79. The fraction of sp³-hybridized carbons (Fsp3) is 0.500. The molecule has 0 radical (unpaired) electrons. The Morgan fingerprint density at radius 3 is 2.52 bits per heavy atom. The van der Waals surface area contributed by atoms with E-state index in [9.17, 15) is 9.59 Å². The molecule has 5 heteroatoms. The van der Waals surface area contributed by atoms with Crippen molar-refractivity contribution in [1.29, 1.82) is 0 Å². The van der Waals surface area contributed by atoms with Crippen molar-refractivity contribution in [2.75, 3.05) is 6.61 Å². The van der Waals surface area contributed by atoms with Crippen molar-refractivity contribution in [3.63, 3.8) is 0 Å². The van der Waals surface area contributed by atoms with E-state index in [1.165, 1.54) is 5.56 Å². The van der Waals surface area contributed by atoms with Crippen LogP contribution in [0, 0.1) is 0 Å². The summed E-state index contributed by atoms with van der Waals surface area (Å²) >= 11 is 0. The second kappa shape index (κ2) is 7.11. The Labute approximate surface area is 124 Å². The van der Waals surface area contributed by atoms with E-state index in [4.69, 9.17) is 9.47 Å². The molecule has 0 aliphatic heterocycles. The number of benzene rings is 1. The lowest BCUT2D eigenvalue weighted by Gasteiger charge is -2.13. The molecule has 5 nitrogen and oxygen atoms in total. The van der Waals surface area contributed by atoms with Gasteiger partial charge in [0.25, 0.3) is 5.91 Å². The number of ether oxygens (including phenoxy) is 2. The van der Waals surface area contributed by atoms with Crippen LogP contribution in [-0.4, -0.2) is 30.6 Å². The van der Waals surface area contributed by atoms with Gasteiger partial charge in [0.15, 0.2) is 12.7 Å². The average molecular weight is 291 g/mol. The van der Waals surface area contributed by atoms with E-state index < -0.39 is 12.1 Å². The van der Waals surface area contributed by atoms with Crippen molar-refractivity contribution in [2.24, 2.45) is 0 Å². The molecule has 1 aromatic rings. The van der Waals surface area contributed by atoms with Crippen LogP contribution in [0.15, 0.2) is 24.3 Å². The highest BCUT2D eigenvalue weighted by Gasteiger charge is 2.27. The Kier molecular flexibility index (Phi) is 5.20. The highest BCUT2D eigenvalue weighted by Crippen LogP contribution is 2.18. The Morgan fingerprint density at radius 1 is 1.29 bits per heavy atom. The molecule has 1 aromatic carbocycles. The molecule has 1 amide bonds. The van der Waals surface area contributed by atoms with E-state index in [2.05, 4.69) is 12.2 Å². The molecule has 114 valence electrons. The minimum atomic E-state index is -0.788. The van der Waals surface area contributed by atoms with Crippen LogP contribution in [0.4, 0.5) is 0 Å². The third-order valence-electron chi connectivity index (χ3n) is 3.29. The van der Waals surface area contributed by atoms with Crippen LogP contribution < -0.4 is 10.1 Å². The first-order valence-electron chi connectivity index (χ1n) is 7.30. The van der Waals surface area contributed by atoms with Gasteiger partial charge in [-0.15, -0.1) is 0 Å². The molecule has 0 unspecified atom stereocenters. The number of rotatable bonds is 7. The van der Waals surface area contributed by atoms with Crippen molar-refractivity contribution >= 4 is 11.9 Å². The maximum absolute atomic E-state index is 11.6. The summed E-state index contributed by atoms with van der Waals surface area (Å²) < 4.78 is 10.4. The SMILES string of the molecule is CCc1ccc(OCC(=O)O[C@@H](C)C(=O)NC2CC2)cc1. The van der Waals surface area contributed by atoms with Gasteiger partial charge in [-0.3, -0.25) is 4.79 Å². The molecular formula is C16H21NO4. The summed E-state index contributed by atoms with van der Waals surface area (Å²) in [5, 5.41) is 2.79. The van der Waals surface area contributed by atoms with E-state index in [0.717, 1.165) is 19.3 Å². The minimum absolute atomic E-state index is 0.202. The van der Waals surface area contributed by atoms with Gasteiger partial charge in [0.05, 0.1) is 0 Å². The molecule has 1 fully saturated rings. The predicted molar refractivity (Wildman–Crippen MR) is 78.0 cm³/mol. The quantitative estimate of drug-likeness (QED) is 0.779.